The zero-order valence-electron chi connectivity index (χ0n) is 5.87. The highest BCUT2D eigenvalue weighted by Crippen LogP contribution is 2.01. The molecule has 0 heterocycles. The van der Waals surface area contributed by atoms with E-state index in [1.807, 2.05) is 0 Å². The molecule has 0 radical (unpaired) electrons. The average Bonchev–Trinajstić information content (AvgIpc) is 1.81. The molecule has 0 aromatic carbocycles. The summed E-state index contributed by atoms with van der Waals surface area (Å²) in [5, 5.41) is 16.2. The molecule has 9 heteroatoms. The smallest absolute Gasteiger partial charge is 0.446 e. The highest BCUT2D eigenvalue weighted by atomic mass is 32.3. The van der Waals surface area contributed by atoms with E-state index in [0.29, 0.717) is 0 Å². The summed E-state index contributed by atoms with van der Waals surface area (Å²) in [5.74, 6) is -5.06. The van der Waals surface area contributed by atoms with Gasteiger partial charge in [-0.15, -0.1) is 0 Å². The zero-order valence-corrected chi connectivity index (χ0v) is 6.68. The van der Waals surface area contributed by atoms with Gasteiger partial charge in [-0.2, -0.15) is 8.42 Å². The molecule has 0 unspecified atom stereocenters. The van der Waals surface area contributed by atoms with Crippen molar-refractivity contribution in [3.63, 3.8) is 0 Å². The van der Waals surface area contributed by atoms with E-state index in [-0.39, 0.29) is 6.08 Å². The van der Waals surface area contributed by atoms with Crippen molar-refractivity contribution in [2.45, 2.75) is 0 Å². The summed E-state index contributed by atoms with van der Waals surface area (Å²) in [5.41, 5.74) is 0. The first-order chi connectivity index (χ1) is 5.72. The Labute approximate surface area is 72.0 Å². The standard InChI is InChI=1S/C4H4O8S/c5-3(6)1-2(4(7)8)12-13(9,10)11/h1H,(H,5,6)(H,7,8)(H,9,10,11)/b2-1-. The van der Waals surface area contributed by atoms with Crippen LogP contribution in [0.4, 0.5) is 0 Å². The first-order valence-electron chi connectivity index (χ1n) is 2.57. The van der Waals surface area contributed by atoms with Crippen LogP contribution in [0, 0.1) is 0 Å². The highest BCUT2D eigenvalue weighted by Gasteiger charge is 2.18. The minimum Gasteiger partial charge on any atom is -0.478 e. The lowest BCUT2D eigenvalue weighted by Gasteiger charge is -1.99. The number of hydrogen-bond acceptors (Lipinski definition) is 5. The van der Waals surface area contributed by atoms with Crippen molar-refractivity contribution in [3.8, 4) is 0 Å². The van der Waals surface area contributed by atoms with E-state index >= 15 is 0 Å². The number of rotatable bonds is 4. The van der Waals surface area contributed by atoms with Gasteiger partial charge in [-0.25, -0.2) is 9.59 Å². The molecule has 0 aromatic rings. The average molecular weight is 212 g/mol. The van der Waals surface area contributed by atoms with Gasteiger partial charge in [0.05, 0.1) is 6.08 Å². The minimum atomic E-state index is -5.03. The third kappa shape index (κ3) is 5.64. The lowest BCUT2D eigenvalue weighted by molar-refractivity contribution is -0.137. The minimum absolute atomic E-state index is 0.0178. The maximum Gasteiger partial charge on any atom is 0.446 e. The highest BCUT2D eigenvalue weighted by molar-refractivity contribution is 7.81. The van der Waals surface area contributed by atoms with Crippen molar-refractivity contribution in [1.29, 1.82) is 0 Å². The molecule has 0 rings (SSSR count). The Bertz CT molecular complexity index is 348. The topological polar surface area (TPSA) is 138 Å². The van der Waals surface area contributed by atoms with E-state index in [1.54, 1.807) is 0 Å². The van der Waals surface area contributed by atoms with Crippen molar-refractivity contribution < 1.29 is 37.0 Å². The third-order valence-corrected chi connectivity index (χ3v) is 1.05. The molecule has 0 aromatic heterocycles. The fraction of sp³-hybridized carbons (Fsp3) is 0. The second-order valence-electron chi connectivity index (χ2n) is 1.66. The maximum atomic E-state index is 10.1. The molecule has 0 amide bonds. The number of hydrogen-bond donors (Lipinski definition) is 3. The molecule has 13 heavy (non-hydrogen) atoms. The fourth-order valence-corrected chi connectivity index (χ4v) is 0.693. The molecule has 0 fully saturated rings. The molecular formula is C4H4O8S. The Balaban J connectivity index is 4.86. The van der Waals surface area contributed by atoms with Crippen LogP contribution in [0.5, 0.6) is 0 Å². The van der Waals surface area contributed by atoms with Gasteiger partial charge in [0, 0.05) is 0 Å². The van der Waals surface area contributed by atoms with Crippen LogP contribution >= 0.6 is 0 Å². The van der Waals surface area contributed by atoms with Gasteiger partial charge in [0.1, 0.15) is 0 Å². The van der Waals surface area contributed by atoms with Gasteiger partial charge in [-0.1, -0.05) is 0 Å². The summed E-state index contributed by atoms with van der Waals surface area (Å²) in [7, 11) is -5.03. The van der Waals surface area contributed by atoms with Crippen molar-refractivity contribution in [3.05, 3.63) is 11.8 Å². The number of aliphatic carboxylic acids is 2. The normalized spacial score (nSPS) is 12.2. The lowest BCUT2D eigenvalue weighted by Crippen LogP contribution is -2.12. The molecule has 74 valence electrons. The molecular weight excluding hydrogens is 208 g/mol. The Hall–Kier alpha value is -1.61. The van der Waals surface area contributed by atoms with E-state index in [9.17, 15) is 18.0 Å². The zero-order chi connectivity index (χ0) is 10.6. The molecule has 0 bridgehead atoms. The van der Waals surface area contributed by atoms with Crippen molar-refractivity contribution in [1.82, 2.24) is 0 Å². The van der Waals surface area contributed by atoms with Crippen LogP contribution in [-0.2, 0) is 24.2 Å². The Kier molecular flexibility index (Phi) is 3.39. The molecule has 0 aliphatic carbocycles. The molecule has 0 spiro atoms. The summed E-state index contributed by atoms with van der Waals surface area (Å²) in [4.78, 5) is 20.0. The SMILES string of the molecule is O=C(O)/C=C(\OS(=O)(=O)O)C(=O)O. The van der Waals surface area contributed by atoms with Gasteiger partial charge in [0.25, 0.3) is 0 Å². The first-order valence-corrected chi connectivity index (χ1v) is 3.93. The van der Waals surface area contributed by atoms with Crippen LogP contribution in [0.3, 0.4) is 0 Å². The number of carboxylic acid groups (broad SMARTS) is 2. The predicted molar refractivity (Wildman–Crippen MR) is 36.0 cm³/mol. The summed E-state index contributed by atoms with van der Waals surface area (Å²) < 4.78 is 31.3. The Morgan fingerprint density at radius 2 is 1.69 bits per heavy atom. The maximum absolute atomic E-state index is 10.1. The molecule has 3 N–H and O–H groups in total. The largest absolute Gasteiger partial charge is 0.478 e. The fourth-order valence-electron chi connectivity index (χ4n) is 0.347. The van der Waals surface area contributed by atoms with Crippen LogP contribution in [0.1, 0.15) is 0 Å². The summed E-state index contributed by atoms with van der Waals surface area (Å²) in [6, 6.07) is 0. The van der Waals surface area contributed by atoms with Crippen LogP contribution in [-0.4, -0.2) is 35.1 Å². The van der Waals surface area contributed by atoms with E-state index in [1.165, 1.54) is 0 Å². The predicted octanol–water partition coefficient (Wildman–Crippen LogP) is -1.14. The summed E-state index contributed by atoms with van der Waals surface area (Å²) in [6.45, 7) is 0. The molecule has 0 aliphatic heterocycles. The van der Waals surface area contributed by atoms with Crippen LogP contribution in [0.2, 0.25) is 0 Å². The van der Waals surface area contributed by atoms with E-state index in [0.717, 1.165) is 0 Å². The van der Waals surface area contributed by atoms with E-state index < -0.39 is 28.1 Å². The molecule has 0 atom stereocenters. The molecule has 8 nitrogen and oxygen atoms in total. The van der Waals surface area contributed by atoms with Gasteiger partial charge in [-0.3, -0.25) is 4.55 Å². The van der Waals surface area contributed by atoms with Crippen LogP contribution in [0.15, 0.2) is 11.8 Å². The number of carboxylic acids is 2. The van der Waals surface area contributed by atoms with Gasteiger partial charge in [0.2, 0.25) is 5.76 Å². The first kappa shape index (κ1) is 11.4. The van der Waals surface area contributed by atoms with E-state index in [4.69, 9.17) is 14.8 Å². The second kappa shape index (κ2) is 3.87. The quantitative estimate of drug-likeness (QED) is 0.302. The lowest BCUT2D eigenvalue weighted by atomic mass is 10.4. The van der Waals surface area contributed by atoms with Gasteiger partial charge in [-0.05, 0) is 0 Å². The molecule has 0 saturated carbocycles. The Morgan fingerprint density at radius 1 is 1.23 bits per heavy atom. The molecule has 0 saturated heterocycles. The van der Waals surface area contributed by atoms with Crippen molar-refractivity contribution in [2.75, 3.05) is 0 Å². The molecule has 0 aliphatic rings. The van der Waals surface area contributed by atoms with Crippen molar-refractivity contribution in [2.24, 2.45) is 0 Å². The van der Waals surface area contributed by atoms with Gasteiger partial charge >= 0.3 is 22.3 Å². The Morgan fingerprint density at radius 3 is 1.92 bits per heavy atom. The van der Waals surface area contributed by atoms with Crippen molar-refractivity contribution >= 4 is 22.3 Å². The van der Waals surface area contributed by atoms with Crippen LogP contribution < -0.4 is 0 Å². The van der Waals surface area contributed by atoms with Crippen LogP contribution in [0.25, 0.3) is 0 Å². The number of carbonyl (C=O) groups is 2. The van der Waals surface area contributed by atoms with Gasteiger partial charge in [0.15, 0.2) is 0 Å². The summed E-state index contributed by atoms with van der Waals surface area (Å²) >= 11 is 0. The second-order valence-corrected chi connectivity index (χ2v) is 2.69. The van der Waals surface area contributed by atoms with Gasteiger partial charge < -0.3 is 14.4 Å². The monoisotopic (exact) mass is 212 g/mol. The third-order valence-electron chi connectivity index (χ3n) is 0.660. The summed E-state index contributed by atoms with van der Waals surface area (Å²) in [6.07, 6.45) is -0.0178. The van der Waals surface area contributed by atoms with E-state index in [2.05, 4.69) is 4.18 Å².